The van der Waals surface area contributed by atoms with E-state index in [1.807, 2.05) is 7.11 Å². The number of nitrogens with one attached hydrogen (secondary N) is 1. The molecular formula is C25H43NO. The van der Waals surface area contributed by atoms with Gasteiger partial charge in [-0.3, -0.25) is 0 Å². The molecule has 1 aromatic rings. The maximum absolute atomic E-state index is 5.83. The summed E-state index contributed by atoms with van der Waals surface area (Å²) in [6.45, 7) is 3.42. The third-order valence-electron chi connectivity index (χ3n) is 6.14. The average molecular weight is 374 g/mol. The van der Waals surface area contributed by atoms with Gasteiger partial charge >= 0.3 is 0 Å². The molecule has 0 heterocycles. The smallest absolute Gasteiger partial charge is 0.0976 e. The fourth-order valence-electron chi connectivity index (χ4n) is 4.47. The van der Waals surface area contributed by atoms with E-state index in [0.717, 1.165) is 6.54 Å². The lowest BCUT2D eigenvalue weighted by atomic mass is 9.85. The van der Waals surface area contributed by atoms with Crippen molar-refractivity contribution in [3.8, 4) is 0 Å². The van der Waals surface area contributed by atoms with Gasteiger partial charge in [-0.25, -0.2) is 0 Å². The Hall–Kier alpha value is -0.860. The predicted octanol–water partition coefficient (Wildman–Crippen LogP) is 6.98. The molecule has 1 aliphatic rings. The van der Waals surface area contributed by atoms with Crippen molar-refractivity contribution in [1.29, 1.82) is 0 Å². The molecule has 0 aromatic heterocycles. The lowest BCUT2D eigenvalue weighted by Gasteiger charge is -2.33. The minimum Gasteiger partial charge on any atom is -0.375 e. The van der Waals surface area contributed by atoms with Gasteiger partial charge in [0.2, 0.25) is 0 Å². The van der Waals surface area contributed by atoms with Crippen LogP contribution in [0.1, 0.15) is 108 Å². The van der Waals surface area contributed by atoms with Crippen LogP contribution in [-0.2, 0) is 11.2 Å². The largest absolute Gasteiger partial charge is 0.375 e. The summed E-state index contributed by atoms with van der Waals surface area (Å²) >= 11 is 0. The molecule has 154 valence electrons. The highest BCUT2D eigenvalue weighted by molar-refractivity contribution is 5.32. The van der Waals surface area contributed by atoms with Crippen LogP contribution >= 0.6 is 0 Å². The van der Waals surface area contributed by atoms with Gasteiger partial charge in [-0.1, -0.05) is 102 Å². The Morgan fingerprint density at radius 3 is 2.07 bits per heavy atom. The van der Waals surface area contributed by atoms with Crippen LogP contribution in [-0.4, -0.2) is 19.7 Å². The molecule has 0 radical (unpaired) electrons. The number of hydrogen-bond donors (Lipinski definition) is 1. The van der Waals surface area contributed by atoms with Gasteiger partial charge in [0.15, 0.2) is 0 Å². The molecule has 1 aromatic carbocycles. The molecule has 0 saturated heterocycles. The molecule has 1 N–H and O–H groups in total. The molecule has 27 heavy (non-hydrogen) atoms. The molecule has 2 rings (SSSR count). The van der Waals surface area contributed by atoms with Crippen molar-refractivity contribution in [1.82, 2.24) is 5.32 Å². The SMILES string of the molecule is CCCCCCCCCCCCCCNC1CCc2ccccc2C1OC. The number of rotatable bonds is 15. The van der Waals surface area contributed by atoms with Crippen LogP contribution in [0.5, 0.6) is 0 Å². The van der Waals surface area contributed by atoms with Crippen LogP contribution < -0.4 is 5.32 Å². The topological polar surface area (TPSA) is 21.3 Å². The molecule has 2 heteroatoms. The van der Waals surface area contributed by atoms with E-state index in [9.17, 15) is 0 Å². The first-order valence-corrected chi connectivity index (χ1v) is 11.7. The van der Waals surface area contributed by atoms with Crippen molar-refractivity contribution in [3.05, 3.63) is 35.4 Å². The number of benzene rings is 1. The van der Waals surface area contributed by atoms with Gasteiger partial charge in [0.05, 0.1) is 6.10 Å². The zero-order chi connectivity index (χ0) is 19.2. The first-order valence-electron chi connectivity index (χ1n) is 11.7. The van der Waals surface area contributed by atoms with Crippen LogP contribution in [0.3, 0.4) is 0 Å². The summed E-state index contributed by atoms with van der Waals surface area (Å²) in [5.41, 5.74) is 2.85. The van der Waals surface area contributed by atoms with E-state index in [0.29, 0.717) is 6.04 Å². The fourth-order valence-corrected chi connectivity index (χ4v) is 4.47. The van der Waals surface area contributed by atoms with Crippen molar-refractivity contribution in [2.45, 2.75) is 109 Å². The van der Waals surface area contributed by atoms with E-state index < -0.39 is 0 Å². The standard InChI is InChI=1S/C25H43NO/c1-3-4-5-6-7-8-9-10-11-12-13-16-21-26-24-20-19-22-17-14-15-18-23(22)25(24)27-2/h14-15,17-18,24-26H,3-13,16,19-21H2,1-2H3. The van der Waals surface area contributed by atoms with Crippen molar-refractivity contribution < 1.29 is 4.74 Å². The summed E-state index contributed by atoms with van der Waals surface area (Å²) in [6, 6.07) is 9.24. The lowest BCUT2D eigenvalue weighted by Crippen LogP contribution is -2.39. The van der Waals surface area contributed by atoms with Crippen molar-refractivity contribution in [3.63, 3.8) is 0 Å². The van der Waals surface area contributed by atoms with Crippen molar-refractivity contribution in [2.24, 2.45) is 0 Å². The van der Waals surface area contributed by atoms with Crippen LogP contribution in [0, 0.1) is 0 Å². The van der Waals surface area contributed by atoms with Crippen LogP contribution in [0.25, 0.3) is 0 Å². The Labute approximate surface area is 168 Å². The van der Waals surface area contributed by atoms with E-state index in [1.54, 1.807) is 0 Å². The van der Waals surface area contributed by atoms with Crippen LogP contribution in [0.2, 0.25) is 0 Å². The number of unbranched alkanes of at least 4 members (excludes halogenated alkanes) is 11. The monoisotopic (exact) mass is 373 g/mol. The number of ether oxygens (including phenoxy) is 1. The van der Waals surface area contributed by atoms with E-state index in [-0.39, 0.29) is 6.10 Å². The molecule has 0 spiro atoms. The lowest BCUT2D eigenvalue weighted by molar-refractivity contribution is 0.0584. The molecule has 0 fully saturated rings. The molecular weight excluding hydrogens is 330 g/mol. The Bertz CT molecular complexity index is 487. The van der Waals surface area contributed by atoms with Gasteiger partial charge < -0.3 is 10.1 Å². The Morgan fingerprint density at radius 2 is 1.44 bits per heavy atom. The van der Waals surface area contributed by atoms with Gasteiger partial charge in [0, 0.05) is 13.2 Å². The van der Waals surface area contributed by atoms with Crippen LogP contribution in [0.4, 0.5) is 0 Å². The molecule has 0 amide bonds. The zero-order valence-corrected chi connectivity index (χ0v) is 18.0. The van der Waals surface area contributed by atoms with Gasteiger partial charge in [-0.05, 0) is 36.9 Å². The minimum absolute atomic E-state index is 0.215. The molecule has 0 bridgehead atoms. The quantitative estimate of drug-likeness (QED) is 0.335. The maximum atomic E-state index is 5.83. The third kappa shape index (κ3) is 8.35. The summed E-state index contributed by atoms with van der Waals surface area (Å²) < 4.78 is 5.83. The molecule has 0 saturated carbocycles. The summed E-state index contributed by atoms with van der Waals surface area (Å²) in [4.78, 5) is 0. The van der Waals surface area contributed by atoms with Crippen molar-refractivity contribution >= 4 is 0 Å². The predicted molar refractivity (Wildman–Crippen MR) is 117 cm³/mol. The maximum Gasteiger partial charge on any atom is 0.0976 e. The average Bonchev–Trinajstić information content (AvgIpc) is 2.71. The number of fused-ring (bicyclic) bond motifs is 1. The van der Waals surface area contributed by atoms with E-state index in [2.05, 4.69) is 36.5 Å². The van der Waals surface area contributed by atoms with Gasteiger partial charge in [-0.15, -0.1) is 0 Å². The summed E-state index contributed by atoms with van der Waals surface area (Å²) in [7, 11) is 1.85. The second-order valence-electron chi connectivity index (χ2n) is 8.34. The molecule has 0 aliphatic heterocycles. The normalized spacial score (nSPS) is 19.2. The highest BCUT2D eigenvalue weighted by Gasteiger charge is 2.28. The summed E-state index contributed by atoms with van der Waals surface area (Å²) in [5.74, 6) is 0. The van der Waals surface area contributed by atoms with Crippen molar-refractivity contribution in [2.75, 3.05) is 13.7 Å². The van der Waals surface area contributed by atoms with E-state index in [4.69, 9.17) is 4.74 Å². The fraction of sp³-hybridized carbons (Fsp3) is 0.760. The van der Waals surface area contributed by atoms with E-state index in [1.165, 1.54) is 101 Å². The Kier molecular flexibility index (Phi) is 11.8. The first-order chi connectivity index (χ1) is 13.4. The second-order valence-corrected chi connectivity index (χ2v) is 8.34. The molecule has 1 aliphatic carbocycles. The minimum atomic E-state index is 0.215. The number of aryl methyl sites for hydroxylation is 1. The molecule has 2 atom stereocenters. The Balaban J connectivity index is 1.47. The van der Waals surface area contributed by atoms with Gasteiger partial charge in [0.1, 0.15) is 0 Å². The highest BCUT2D eigenvalue weighted by Crippen LogP contribution is 2.32. The van der Waals surface area contributed by atoms with Gasteiger partial charge in [0.25, 0.3) is 0 Å². The third-order valence-corrected chi connectivity index (χ3v) is 6.14. The Morgan fingerprint density at radius 1 is 0.852 bits per heavy atom. The summed E-state index contributed by atoms with van der Waals surface area (Å²) in [5, 5.41) is 3.77. The highest BCUT2D eigenvalue weighted by atomic mass is 16.5. The first kappa shape index (κ1) is 22.4. The van der Waals surface area contributed by atoms with Crippen LogP contribution in [0.15, 0.2) is 24.3 Å². The molecule has 2 nitrogen and oxygen atoms in total. The number of hydrogen-bond acceptors (Lipinski definition) is 2. The zero-order valence-electron chi connectivity index (χ0n) is 18.0. The van der Waals surface area contributed by atoms with E-state index >= 15 is 0 Å². The van der Waals surface area contributed by atoms with Gasteiger partial charge in [-0.2, -0.15) is 0 Å². The summed E-state index contributed by atoms with van der Waals surface area (Å²) in [6.07, 6.45) is 19.5. The number of methoxy groups -OCH3 is 1. The molecule has 2 unspecified atom stereocenters. The second kappa shape index (κ2) is 14.2.